The summed E-state index contributed by atoms with van der Waals surface area (Å²) in [5, 5.41) is 0. The van der Waals surface area contributed by atoms with Crippen LogP contribution in [0, 0.1) is 0 Å². The van der Waals surface area contributed by atoms with Gasteiger partial charge in [0.1, 0.15) is 0 Å². The molecule has 0 radical (unpaired) electrons. The maximum absolute atomic E-state index is 5.32. The molecular weight excluding hydrogens is 150 g/mol. The molecule has 0 aliphatic rings. The van der Waals surface area contributed by atoms with Crippen LogP contribution in [-0.2, 0) is 11.3 Å². The van der Waals surface area contributed by atoms with Gasteiger partial charge in [0.05, 0.1) is 5.60 Å². The molecular formula is C10H17NO. The van der Waals surface area contributed by atoms with Crippen LogP contribution < -0.4 is 0 Å². The van der Waals surface area contributed by atoms with Crippen molar-refractivity contribution in [1.29, 1.82) is 0 Å². The molecule has 0 saturated heterocycles. The summed E-state index contributed by atoms with van der Waals surface area (Å²) in [5.74, 6) is 0. The molecule has 12 heavy (non-hydrogen) atoms. The Balaban J connectivity index is 2.36. The summed E-state index contributed by atoms with van der Waals surface area (Å²) < 4.78 is 7.49. The molecule has 2 nitrogen and oxygen atoms in total. The molecule has 0 aromatic carbocycles. The third-order valence-electron chi connectivity index (χ3n) is 2.19. The van der Waals surface area contributed by atoms with E-state index in [4.69, 9.17) is 4.74 Å². The van der Waals surface area contributed by atoms with E-state index in [1.54, 1.807) is 7.11 Å². The van der Waals surface area contributed by atoms with E-state index in [0.29, 0.717) is 0 Å². The quantitative estimate of drug-likeness (QED) is 0.671. The van der Waals surface area contributed by atoms with Crippen molar-refractivity contribution in [2.24, 2.45) is 0 Å². The van der Waals surface area contributed by atoms with Gasteiger partial charge < -0.3 is 9.30 Å². The molecule has 0 atom stereocenters. The van der Waals surface area contributed by atoms with Gasteiger partial charge in [0.25, 0.3) is 0 Å². The monoisotopic (exact) mass is 167 g/mol. The lowest BCUT2D eigenvalue weighted by Gasteiger charge is -2.22. The normalized spacial score (nSPS) is 11.9. The zero-order valence-corrected chi connectivity index (χ0v) is 8.08. The molecule has 1 aromatic rings. The molecule has 0 saturated carbocycles. The summed E-state index contributed by atoms with van der Waals surface area (Å²) in [5.41, 5.74) is -0.00965. The van der Waals surface area contributed by atoms with Gasteiger partial charge in [-0.25, -0.2) is 0 Å². The average Bonchev–Trinajstić information content (AvgIpc) is 2.53. The second kappa shape index (κ2) is 3.76. The fraction of sp³-hybridized carbons (Fsp3) is 0.600. The second-order valence-corrected chi connectivity index (χ2v) is 3.63. The number of hydrogen-bond donors (Lipinski definition) is 0. The van der Waals surface area contributed by atoms with Crippen molar-refractivity contribution in [2.75, 3.05) is 7.11 Å². The lowest BCUT2D eigenvalue weighted by Crippen LogP contribution is -2.24. The highest BCUT2D eigenvalue weighted by atomic mass is 16.5. The van der Waals surface area contributed by atoms with Crippen LogP contribution in [0.1, 0.15) is 20.3 Å². The van der Waals surface area contributed by atoms with Crippen LogP contribution in [0.5, 0.6) is 0 Å². The highest BCUT2D eigenvalue weighted by Crippen LogP contribution is 2.13. The summed E-state index contributed by atoms with van der Waals surface area (Å²) >= 11 is 0. The molecule has 1 heterocycles. The van der Waals surface area contributed by atoms with Crippen LogP contribution in [0.25, 0.3) is 0 Å². The van der Waals surface area contributed by atoms with Gasteiger partial charge in [0.15, 0.2) is 0 Å². The topological polar surface area (TPSA) is 14.2 Å². The van der Waals surface area contributed by atoms with E-state index in [1.807, 2.05) is 12.1 Å². The number of aryl methyl sites for hydroxylation is 1. The number of hydrogen-bond acceptors (Lipinski definition) is 1. The largest absolute Gasteiger partial charge is 0.379 e. The van der Waals surface area contributed by atoms with Crippen LogP contribution in [0.4, 0.5) is 0 Å². The summed E-state index contributed by atoms with van der Waals surface area (Å²) in [6.45, 7) is 5.24. The maximum atomic E-state index is 5.32. The maximum Gasteiger partial charge on any atom is 0.0639 e. The predicted octanol–water partition coefficient (Wildman–Crippen LogP) is 2.30. The number of methoxy groups -OCH3 is 1. The summed E-state index contributed by atoms with van der Waals surface area (Å²) in [4.78, 5) is 0. The minimum absolute atomic E-state index is 0.00965. The summed E-state index contributed by atoms with van der Waals surface area (Å²) in [7, 11) is 1.76. The van der Waals surface area contributed by atoms with Gasteiger partial charge in [0.2, 0.25) is 0 Å². The molecule has 0 fully saturated rings. The van der Waals surface area contributed by atoms with Crippen molar-refractivity contribution >= 4 is 0 Å². The van der Waals surface area contributed by atoms with E-state index >= 15 is 0 Å². The SMILES string of the molecule is COC(C)(C)CCn1cccc1. The summed E-state index contributed by atoms with van der Waals surface area (Å²) in [6.07, 6.45) is 5.19. The fourth-order valence-electron chi connectivity index (χ4n) is 1.02. The van der Waals surface area contributed by atoms with Crippen LogP contribution >= 0.6 is 0 Å². The smallest absolute Gasteiger partial charge is 0.0639 e. The molecule has 1 rings (SSSR count). The highest BCUT2D eigenvalue weighted by Gasteiger charge is 2.15. The van der Waals surface area contributed by atoms with E-state index < -0.39 is 0 Å². The molecule has 68 valence electrons. The Bertz CT molecular complexity index is 214. The Kier molecular flexibility index (Phi) is 2.93. The van der Waals surface area contributed by atoms with Crippen molar-refractivity contribution in [2.45, 2.75) is 32.4 Å². The Hall–Kier alpha value is -0.760. The van der Waals surface area contributed by atoms with Crippen LogP contribution in [0.15, 0.2) is 24.5 Å². The number of nitrogens with zero attached hydrogens (tertiary/aromatic N) is 1. The van der Waals surface area contributed by atoms with Gasteiger partial charge in [-0.2, -0.15) is 0 Å². The molecule has 0 unspecified atom stereocenters. The number of ether oxygens (including phenoxy) is 1. The lowest BCUT2D eigenvalue weighted by atomic mass is 10.1. The Morgan fingerprint density at radius 2 is 1.83 bits per heavy atom. The van der Waals surface area contributed by atoms with Crippen LogP contribution in [0.2, 0.25) is 0 Å². The molecule has 0 aliphatic carbocycles. The standard InChI is InChI=1S/C10H17NO/c1-10(2,12-3)6-9-11-7-4-5-8-11/h4-5,7-8H,6,9H2,1-3H3. The molecule has 0 spiro atoms. The average molecular weight is 167 g/mol. The zero-order chi connectivity index (χ0) is 9.03. The van der Waals surface area contributed by atoms with Crippen molar-refractivity contribution in [3.05, 3.63) is 24.5 Å². The molecule has 0 N–H and O–H groups in total. The minimum atomic E-state index is -0.00965. The van der Waals surface area contributed by atoms with Gasteiger partial charge in [0, 0.05) is 26.0 Å². The Morgan fingerprint density at radius 3 is 2.33 bits per heavy atom. The van der Waals surface area contributed by atoms with Crippen molar-refractivity contribution in [3.63, 3.8) is 0 Å². The molecule has 1 aromatic heterocycles. The zero-order valence-electron chi connectivity index (χ0n) is 8.08. The predicted molar refractivity (Wildman–Crippen MR) is 50.1 cm³/mol. The van der Waals surface area contributed by atoms with Gasteiger partial charge in [-0.15, -0.1) is 0 Å². The first-order valence-corrected chi connectivity index (χ1v) is 4.30. The van der Waals surface area contributed by atoms with Crippen molar-refractivity contribution < 1.29 is 4.74 Å². The van der Waals surface area contributed by atoms with Gasteiger partial charge >= 0.3 is 0 Å². The highest BCUT2D eigenvalue weighted by molar-refractivity contribution is 4.90. The first-order chi connectivity index (χ1) is 5.64. The minimum Gasteiger partial charge on any atom is -0.379 e. The van der Waals surface area contributed by atoms with Gasteiger partial charge in [-0.05, 0) is 32.4 Å². The number of aromatic nitrogens is 1. The van der Waals surface area contributed by atoms with Crippen LogP contribution in [0.3, 0.4) is 0 Å². The van der Waals surface area contributed by atoms with Crippen LogP contribution in [-0.4, -0.2) is 17.3 Å². The first-order valence-electron chi connectivity index (χ1n) is 4.30. The third kappa shape index (κ3) is 2.70. The van der Waals surface area contributed by atoms with Crippen molar-refractivity contribution in [1.82, 2.24) is 4.57 Å². The molecule has 2 heteroatoms. The van der Waals surface area contributed by atoms with Crippen molar-refractivity contribution in [3.8, 4) is 0 Å². The van der Waals surface area contributed by atoms with Gasteiger partial charge in [-0.3, -0.25) is 0 Å². The number of rotatable bonds is 4. The first kappa shape index (κ1) is 9.33. The van der Waals surface area contributed by atoms with E-state index in [0.717, 1.165) is 13.0 Å². The molecule has 0 bridgehead atoms. The van der Waals surface area contributed by atoms with E-state index in [9.17, 15) is 0 Å². The molecule has 0 amide bonds. The third-order valence-corrected chi connectivity index (χ3v) is 2.19. The Labute approximate surface area is 74.2 Å². The second-order valence-electron chi connectivity index (χ2n) is 3.63. The fourth-order valence-corrected chi connectivity index (χ4v) is 1.02. The summed E-state index contributed by atoms with van der Waals surface area (Å²) in [6, 6.07) is 4.08. The Morgan fingerprint density at radius 1 is 1.25 bits per heavy atom. The van der Waals surface area contributed by atoms with E-state index in [-0.39, 0.29) is 5.60 Å². The van der Waals surface area contributed by atoms with E-state index in [2.05, 4.69) is 30.8 Å². The lowest BCUT2D eigenvalue weighted by molar-refractivity contribution is 0.0121. The van der Waals surface area contributed by atoms with Gasteiger partial charge in [-0.1, -0.05) is 0 Å². The molecule has 0 aliphatic heterocycles. The van der Waals surface area contributed by atoms with E-state index in [1.165, 1.54) is 0 Å².